The summed E-state index contributed by atoms with van der Waals surface area (Å²) in [6, 6.07) is 8.20. The minimum atomic E-state index is -0.518. The van der Waals surface area contributed by atoms with Gasteiger partial charge in [0.25, 0.3) is 0 Å². The van der Waals surface area contributed by atoms with E-state index in [1.54, 1.807) is 23.1 Å². The molecule has 1 atom stereocenters. The second kappa shape index (κ2) is 8.16. The summed E-state index contributed by atoms with van der Waals surface area (Å²) in [6.45, 7) is 0.247. The van der Waals surface area contributed by atoms with Crippen LogP contribution in [0.15, 0.2) is 30.3 Å². The van der Waals surface area contributed by atoms with Gasteiger partial charge in [-0.3, -0.25) is 9.59 Å². The maximum Gasteiger partial charge on any atom is 0.229 e. The number of benzene rings is 2. The number of carbonyl (C=O) groups excluding carboxylic acids is 2. The number of halogens is 2. The summed E-state index contributed by atoms with van der Waals surface area (Å²) in [5.74, 6) is 0.0980. The van der Waals surface area contributed by atoms with Crippen LogP contribution in [0.4, 0.5) is 17.1 Å². The molecule has 148 valence electrons. The fourth-order valence-corrected chi connectivity index (χ4v) is 3.51. The Morgan fingerprint density at radius 2 is 1.79 bits per heavy atom. The number of amides is 2. The van der Waals surface area contributed by atoms with Crippen LogP contribution >= 0.6 is 23.2 Å². The van der Waals surface area contributed by atoms with Crippen molar-refractivity contribution in [2.75, 3.05) is 36.7 Å². The van der Waals surface area contributed by atoms with Crippen LogP contribution in [-0.2, 0) is 9.59 Å². The third-order valence-electron chi connectivity index (χ3n) is 4.52. The third-order valence-corrected chi connectivity index (χ3v) is 5.15. The molecule has 0 aromatic heterocycles. The van der Waals surface area contributed by atoms with E-state index in [9.17, 15) is 9.59 Å². The molecule has 0 unspecified atom stereocenters. The maximum absolute atomic E-state index is 12.6. The first-order chi connectivity index (χ1) is 13.3. The Morgan fingerprint density at radius 1 is 1.14 bits per heavy atom. The van der Waals surface area contributed by atoms with Crippen molar-refractivity contribution in [2.45, 2.75) is 6.42 Å². The monoisotopic (exact) mass is 423 g/mol. The largest absolute Gasteiger partial charge is 0.493 e. The van der Waals surface area contributed by atoms with Crippen molar-refractivity contribution in [1.29, 1.82) is 0 Å². The molecule has 1 saturated heterocycles. The molecule has 0 aliphatic carbocycles. The highest BCUT2D eigenvalue weighted by molar-refractivity contribution is 6.39. The molecule has 2 aromatic carbocycles. The zero-order valence-electron chi connectivity index (χ0n) is 15.3. The van der Waals surface area contributed by atoms with Crippen molar-refractivity contribution in [3.05, 3.63) is 40.4 Å². The van der Waals surface area contributed by atoms with E-state index < -0.39 is 5.92 Å². The molecule has 9 heteroatoms. The first kappa shape index (κ1) is 20.1. The summed E-state index contributed by atoms with van der Waals surface area (Å²) in [5, 5.41) is 3.23. The Balaban J connectivity index is 1.74. The number of rotatable bonds is 5. The molecule has 0 saturated carbocycles. The number of nitrogens with one attached hydrogen (secondary N) is 1. The first-order valence-electron chi connectivity index (χ1n) is 8.41. The molecular formula is C19H19Cl2N3O4. The normalized spacial score (nSPS) is 16.2. The van der Waals surface area contributed by atoms with E-state index >= 15 is 0 Å². The van der Waals surface area contributed by atoms with Gasteiger partial charge in [0.05, 0.1) is 35.9 Å². The van der Waals surface area contributed by atoms with Gasteiger partial charge in [0.2, 0.25) is 11.8 Å². The Bertz CT molecular complexity index is 912. The molecule has 1 heterocycles. The number of hydrogen-bond donors (Lipinski definition) is 2. The highest BCUT2D eigenvalue weighted by Gasteiger charge is 2.35. The highest BCUT2D eigenvalue weighted by Crippen LogP contribution is 2.35. The minimum absolute atomic E-state index is 0.0939. The van der Waals surface area contributed by atoms with Crippen LogP contribution < -0.4 is 25.4 Å². The van der Waals surface area contributed by atoms with Crippen molar-refractivity contribution in [3.8, 4) is 11.5 Å². The van der Waals surface area contributed by atoms with Gasteiger partial charge in [0.1, 0.15) is 0 Å². The van der Waals surface area contributed by atoms with Crippen molar-refractivity contribution in [3.63, 3.8) is 0 Å². The number of carbonyl (C=O) groups is 2. The van der Waals surface area contributed by atoms with Gasteiger partial charge < -0.3 is 25.4 Å². The number of nitrogens with two attached hydrogens (primary N) is 1. The van der Waals surface area contributed by atoms with Crippen LogP contribution in [0.5, 0.6) is 11.5 Å². The predicted molar refractivity (Wildman–Crippen MR) is 110 cm³/mol. The molecule has 3 N–H and O–H groups in total. The van der Waals surface area contributed by atoms with Gasteiger partial charge in [-0.2, -0.15) is 0 Å². The number of ether oxygens (including phenoxy) is 2. The Hall–Kier alpha value is -2.64. The van der Waals surface area contributed by atoms with E-state index in [0.29, 0.717) is 22.9 Å². The lowest BCUT2D eigenvalue weighted by Gasteiger charge is -2.18. The summed E-state index contributed by atoms with van der Waals surface area (Å²) < 4.78 is 10.5. The first-order valence-corrected chi connectivity index (χ1v) is 9.17. The third kappa shape index (κ3) is 3.95. The van der Waals surface area contributed by atoms with Gasteiger partial charge in [-0.15, -0.1) is 0 Å². The molecular weight excluding hydrogens is 405 g/mol. The molecule has 2 aromatic rings. The van der Waals surface area contributed by atoms with E-state index in [4.69, 9.17) is 38.4 Å². The Morgan fingerprint density at radius 3 is 2.39 bits per heavy atom. The molecule has 1 fully saturated rings. The van der Waals surface area contributed by atoms with Gasteiger partial charge in [-0.05, 0) is 24.3 Å². The van der Waals surface area contributed by atoms with Crippen molar-refractivity contribution in [1.82, 2.24) is 0 Å². The van der Waals surface area contributed by atoms with Crippen LogP contribution in [0.1, 0.15) is 6.42 Å². The van der Waals surface area contributed by atoms with Gasteiger partial charge >= 0.3 is 0 Å². The predicted octanol–water partition coefficient (Wildman–Crippen LogP) is 3.58. The van der Waals surface area contributed by atoms with E-state index in [0.717, 1.165) is 0 Å². The van der Waals surface area contributed by atoms with E-state index in [1.165, 1.54) is 26.4 Å². The molecule has 0 bridgehead atoms. The smallest absolute Gasteiger partial charge is 0.229 e. The van der Waals surface area contributed by atoms with Crippen LogP contribution in [0.2, 0.25) is 10.0 Å². The summed E-state index contributed by atoms with van der Waals surface area (Å²) in [4.78, 5) is 26.6. The second-order valence-corrected chi connectivity index (χ2v) is 7.10. The number of nitrogens with zero attached hydrogens (tertiary/aromatic N) is 1. The number of anilines is 3. The van der Waals surface area contributed by atoms with E-state index in [-0.39, 0.29) is 40.5 Å². The van der Waals surface area contributed by atoms with Gasteiger partial charge in [0, 0.05) is 30.4 Å². The topological polar surface area (TPSA) is 93.9 Å². The molecule has 3 rings (SSSR count). The summed E-state index contributed by atoms with van der Waals surface area (Å²) >= 11 is 12.0. The fourth-order valence-electron chi connectivity index (χ4n) is 3.03. The average Bonchev–Trinajstić information content (AvgIpc) is 3.07. The van der Waals surface area contributed by atoms with E-state index in [1.807, 2.05) is 0 Å². The standard InChI is InChI=1S/C19H19Cl2N3O4/c1-27-15-4-3-12(8-16(15)28-2)24-9-10(5-17(24)25)19(26)23-11-6-13(20)18(22)14(21)7-11/h3-4,6-8,10H,5,9,22H2,1-2H3,(H,23,26)/t10-/m1/s1. The zero-order valence-corrected chi connectivity index (χ0v) is 16.8. The van der Waals surface area contributed by atoms with Crippen LogP contribution in [0.25, 0.3) is 0 Å². The highest BCUT2D eigenvalue weighted by atomic mass is 35.5. The molecule has 7 nitrogen and oxygen atoms in total. The summed E-state index contributed by atoms with van der Waals surface area (Å²) in [5.41, 5.74) is 7.01. The minimum Gasteiger partial charge on any atom is -0.493 e. The molecule has 1 aliphatic rings. The summed E-state index contributed by atoms with van der Waals surface area (Å²) in [6.07, 6.45) is 0.0939. The number of hydrogen-bond acceptors (Lipinski definition) is 5. The molecule has 2 amide bonds. The molecule has 0 radical (unpaired) electrons. The van der Waals surface area contributed by atoms with Gasteiger partial charge in [0.15, 0.2) is 11.5 Å². The van der Waals surface area contributed by atoms with Crippen LogP contribution in [0, 0.1) is 5.92 Å². The van der Waals surface area contributed by atoms with Crippen molar-refractivity contribution < 1.29 is 19.1 Å². The lowest BCUT2D eigenvalue weighted by atomic mass is 10.1. The van der Waals surface area contributed by atoms with Crippen molar-refractivity contribution >= 4 is 52.1 Å². The van der Waals surface area contributed by atoms with Gasteiger partial charge in [-0.25, -0.2) is 0 Å². The summed E-state index contributed by atoms with van der Waals surface area (Å²) in [7, 11) is 3.06. The van der Waals surface area contributed by atoms with Crippen LogP contribution in [0.3, 0.4) is 0 Å². The molecule has 0 spiro atoms. The lowest BCUT2D eigenvalue weighted by molar-refractivity contribution is -0.122. The zero-order chi connectivity index (χ0) is 20.4. The Kier molecular flexibility index (Phi) is 5.86. The van der Waals surface area contributed by atoms with Crippen LogP contribution in [-0.4, -0.2) is 32.6 Å². The molecule has 28 heavy (non-hydrogen) atoms. The quantitative estimate of drug-likeness (QED) is 0.716. The van der Waals surface area contributed by atoms with E-state index in [2.05, 4.69) is 5.32 Å². The average molecular weight is 424 g/mol. The fraction of sp³-hybridized carbons (Fsp3) is 0.263. The Labute approximate surface area is 172 Å². The number of methoxy groups -OCH3 is 2. The SMILES string of the molecule is COc1ccc(N2C[C@H](C(=O)Nc3cc(Cl)c(N)c(Cl)c3)CC2=O)cc1OC. The second-order valence-electron chi connectivity index (χ2n) is 6.29. The number of nitrogen functional groups attached to an aromatic ring is 1. The van der Waals surface area contributed by atoms with Crippen molar-refractivity contribution in [2.24, 2.45) is 5.92 Å². The van der Waals surface area contributed by atoms with Gasteiger partial charge in [-0.1, -0.05) is 23.2 Å². The maximum atomic E-state index is 12.6. The lowest BCUT2D eigenvalue weighted by Crippen LogP contribution is -2.28. The molecule has 1 aliphatic heterocycles.